The summed E-state index contributed by atoms with van der Waals surface area (Å²) in [6.45, 7) is 4.17. The smallest absolute Gasteiger partial charge is 0.319 e. The van der Waals surface area contributed by atoms with Gasteiger partial charge in [-0.15, -0.1) is 11.8 Å². The second-order valence-corrected chi connectivity index (χ2v) is 6.51. The largest absolute Gasteiger partial charge is 0.480 e. The Morgan fingerprint density at radius 1 is 1.25 bits per heavy atom. The van der Waals surface area contributed by atoms with E-state index in [2.05, 4.69) is 13.8 Å². The summed E-state index contributed by atoms with van der Waals surface area (Å²) in [5.74, 6) is -0.590. The van der Waals surface area contributed by atoms with Crippen LogP contribution in [0.1, 0.15) is 65.2 Å². The van der Waals surface area contributed by atoms with Crippen LogP contribution in [0.5, 0.6) is 0 Å². The number of hydrogen-bond acceptors (Lipinski definition) is 2. The lowest BCUT2D eigenvalue weighted by Gasteiger charge is -2.31. The molecule has 0 aromatic rings. The number of carboxylic acid groups (broad SMARTS) is 1. The van der Waals surface area contributed by atoms with Crippen LogP contribution in [0.4, 0.5) is 0 Å². The third-order valence-electron chi connectivity index (χ3n) is 3.39. The van der Waals surface area contributed by atoms with Gasteiger partial charge in [0.25, 0.3) is 0 Å². The second-order valence-electron chi connectivity index (χ2n) is 4.82. The highest BCUT2D eigenvalue weighted by Crippen LogP contribution is 2.43. The molecule has 3 heteroatoms. The zero-order valence-corrected chi connectivity index (χ0v) is 11.3. The van der Waals surface area contributed by atoms with Gasteiger partial charge in [0.2, 0.25) is 0 Å². The van der Waals surface area contributed by atoms with E-state index >= 15 is 0 Å². The minimum absolute atomic E-state index is 0.501. The van der Waals surface area contributed by atoms with Crippen LogP contribution in [-0.4, -0.2) is 21.1 Å². The molecular formula is C13H24O2S. The van der Waals surface area contributed by atoms with Crippen LogP contribution in [0.15, 0.2) is 0 Å². The summed E-state index contributed by atoms with van der Waals surface area (Å²) in [6, 6.07) is 0. The molecule has 0 bridgehead atoms. The number of hydrogen-bond donors (Lipinski definition) is 1. The van der Waals surface area contributed by atoms with Gasteiger partial charge >= 0.3 is 5.97 Å². The fraction of sp³-hybridized carbons (Fsp3) is 0.923. The minimum Gasteiger partial charge on any atom is -0.480 e. The molecule has 0 aromatic heterocycles. The molecule has 1 N–H and O–H groups in total. The normalized spacial score (nSPS) is 17.9. The third-order valence-corrected chi connectivity index (χ3v) is 5.23. The Bertz CT molecular complexity index is 216. The summed E-state index contributed by atoms with van der Waals surface area (Å²) >= 11 is 1.76. The van der Waals surface area contributed by atoms with Crippen LogP contribution in [0, 0.1) is 0 Å². The van der Waals surface area contributed by atoms with Crippen molar-refractivity contribution in [3.63, 3.8) is 0 Å². The third kappa shape index (κ3) is 3.41. The lowest BCUT2D eigenvalue weighted by atomic mass is 9.97. The molecule has 1 aliphatic rings. The first-order valence-electron chi connectivity index (χ1n) is 6.56. The van der Waals surface area contributed by atoms with Crippen molar-refractivity contribution in [2.45, 2.75) is 75.2 Å². The molecule has 0 amide bonds. The molecule has 16 heavy (non-hydrogen) atoms. The van der Waals surface area contributed by atoms with Gasteiger partial charge in [-0.1, -0.05) is 39.5 Å². The van der Waals surface area contributed by atoms with E-state index in [4.69, 9.17) is 0 Å². The fourth-order valence-electron chi connectivity index (χ4n) is 2.64. The Labute approximate surface area is 103 Å². The number of carboxylic acids is 1. The van der Waals surface area contributed by atoms with Gasteiger partial charge < -0.3 is 5.11 Å². The Kier molecular flexibility index (Phi) is 5.67. The number of carbonyl (C=O) groups is 1. The lowest BCUT2D eigenvalue weighted by Crippen LogP contribution is -2.36. The number of aliphatic carboxylic acids is 1. The molecule has 2 nitrogen and oxygen atoms in total. The summed E-state index contributed by atoms with van der Waals surface area (Å²) in [5.41, 5.74) is 0. The maximum absolute atomic E-state index is 11.6. The second kappa shape index (κ2) is 6.53. The van der Waals surface area contributed by atoms with Crippen molar-refractivity contribution >= 4 is 17.7 Å². The number of thioether (sulfide) groups is 1. The van der Waals surface area contributed by atoms with Crippen LogP contribution < -0.4 is 0 Å². The average Bonchev–Trinajstić information content (AvgIpc) is 2.70. The highest BCUT2D eigenvalue weighted by molar-refractivity contribution is 8.02. The number of rotatable bonds is 7. The first-order chi connectivity index (χ1) is 7.64. The van der Waals surface area contributed by atoms with Gasteiger partial charge in [0, 0.05) is 5.25 Å². The van der Waals surface area contributed by atoms with E-state index in [1.54, 1.807) is 11.8 Å². The maximum atomic E-state index is 11.6. The molecule has 0 aromatic carbocycles. The fourth-order valence-corrected chi connectivity index (χ4v) is 4.59. The predicted octanol–water partition coefficient (Wildman–Crippen LogP) is 4.09. The van der Waals surface area contributed by atoms with Crippen molar-refractivity contribution in [3.8, 4) is 0 Å². The Hall–Kier alpha value is -0.180. The van der Waals surface area contributed by atoms with Crippen LogP contribution in [0.2, 0.25) is 0 Å². The molecule has 0 unspecified atom stereocenters. The van der Waals surface area contributed by atoms with Crippen LogP contribution in [0.25, 0.3) is 0 Å². The predicted molar refractivity (Wildman–Crippen MR) is 70.0 cm³/mol. The summed E-state index contributed by atoms with van der Waals surface area (Å²) in [7, 11) is 0. The molecule has 0 heterocycles. The van der Waals surface area contributed by atoms with E-state index < -0.39 is 10.7 Å². The molecule has 0 saturated heterocycles. The van der Waals surface area contributed by atoms with Crippen molar-refractivity contribution in [1.29, 1.82) is 0 Å². The monoisotopic (exact) mass is 244 g/mol. The van der Waals surface area contributed by atoms with Gasteiger partial charge in [0.1, 0.15) is 4.75 Å². The highest BCUT2D eigenvalue weighted by atomic mass is 32.2. The summed E-state index contributed by atoms with van der Waals surface area (Å²) < 4.78 is -0.501. The minimum atomic E-state index is -0.590. The van der Waals surface area contributed by atoms with Crippen molar-refractivity contribution in [2.75, 3.05) is 0 Å². The van der Waals surface area contributed by atoms with Crippen molar-refractivity contribution in [3.05, 3.63) is 0 Å². The van der Waals surface area contributed by atoms with E-state index in [0.29, 0.717) is 5.25 Å². The first kappa shape index (κ1) is 13.9. The average molecular weight is 244 g/mol. The molecule has 0 aliphatic heterocycles. The van der Waals surface area contributed by atoms with Crippen LogP contribution >= 0.6 is 11.8 Å². The lowest BCUT2D eigenvalue weighted by molar-refractivity contribution is -0.140. The van der Waals surface area contributed by atoms with Crippen LogP contribution in [0.3, 0.4) is 0 Å². The van der Waals surface area contributed by atoms with Gasteiger partial charge in [0.15, 0.2) is 0 Å². The SMILES string of the molecule is CCCC(CCC)(SC1CCCC1)C(=O)O. The van der Waals surface area contributed by atoms with Gasteiger partial charge in [-0.2, -0.15) is 0 Å². The Morgan fingerprint density at radius 2 is 1.75 bits per heavy atom. The molecule has 94 valence electrons. The molecule has 1 saturated carbocycles. The zero-order chi connectivity index (χ0) is 12.0. The first-order valence-corrected chi connectivity index (χ1v) is 7.44. The summed E-state index contributed by atoms with van der Waals surface area (Å²) in [6.07, 6.45) is 8.56. The molecular weight excluding hydrogens is 220 g/mol. The Balaban J connectivity index is 2.68. The standard InChI is InChI=1S/C13H24O2S/c1-3-9-13(10-4-2,12(14)15)16-11-7-5-6-8-11/h11H,3-10H2,1-2H3,(H,14,15). The van der Waals surface area contributed by atoms with E-state index in [1.165, 1.54) is 25.7 Å². The molecule has 0 radical (unpaired) electrons. The quantitative estimate of drug-likeness (QED) is 0.733. The van der Waals surface area contributed by atoms with Gasteiger partial charge in [-0.3, -0.25) is 4.79 Å². The molecule has 1 fully saturated rings. The molecule has 0 spiro atoms. The summed E-state index contributed by atoms with van der Waals surface area (Å²) in [4.78, 5) is 11.6. The Morgan fingerprint density at radius 3 is 2.12 bits per heavy atom. The van der Waals surface area contributed by atoms with Crippen molar-refractivity contribution < 1.29 is 9.90 Å². The summed E-state index contributed by atoms with van der Waals surface area (Å²) in [5, 5.41) is 10.1. The maximum Gasteiger partial charge on any atom is 0.319 e. The molecule has 1 aliphatic carbocycles. The van der Waals surface area contributed by atoms with Crippen LogP contribution in [-0.2, 0) is 4.79 Å². The van der Waals surface area contributed by atoms with E-state index in [1.807, 2.05) is 0 Å². The van der Waals surface area contributed by atoms with E-state index in [0.717, 1.165) is 25.7 Å². The zero-order valence-electron chi connectivity index (χ0n) is 10.5. The van der Waals surface area contributed by atoms with Gasteiger partial charge in [-0.05, 0) is 25.7 Å². The van der Waals surface area contributed by atoms with Crippen molar-refractivity contribution in [1.82, 2.24) is 0 Å². The van der Waals surface area contributed by atoms with E-state index in [-0.39, 0.29) is 0 Å². The molecule has 1 rings (SSSR count). The van der Waals surface area contributed by atoms with Gasteiger partial charge in [-0.25, -0.2) is 0 Å². The van der Waals surface area contributed by atoms with E-state index in [9.17, 15) is 9.90 Å². The highest BCUT2D eigenvalue weighted by Gasteiger charge is 2.40. The van der Waals surface area contributed by atoms with Gasteiger partial charge in [0.05, 0.1) is 0 Å². The molecule has 0 atom stereocenters. The topological polar surface area (TPSA) is 37.3 Å². The van der Waals surface area contributed by atoms with Crippen molar-refractivity contribution in [2.24, 2.45) is 0 Å².